The summed E-state index contributed by atoms with van der Waals surface area (Å²) in [6, 6.07) is 8.59. The standard InChI is InChI=1S/C13H18N2O.ClH/c1-2-12-11-6-4-3-5-10(11)7-8-15(12)13(16)9-14;/h3-6,12H,2,7-9,14H2,1H3;1H. The van der Waals surface area contributed by atoms with Gasteiger partial charge in [0.1, 0.15) is 0 Å². The van der Waals surface area contributed by atoms with Gasteiger partial charge in [0.2, 0.25) is 5.91 Å². The summed E-state index contributed by atoms with van der Waals surface area (Å²) in [5.74, 6) is 0.0568. The van der Waals surface area contributed by atoms with E-state index in [4.69, 9.17) is 5.73 Å². The Hall–Kier alpha value is -1.06. The summed E-state index contributed by atoms with van der Waals surface area (Å²) in [6.45, 7) is 3.02. The smallest absolute Gasteiger partial charge is 0.236 e. The van der Waals surface area contributed by atoms with Gasteiger partial charge in [0.05, 0.1) is 12.6 Å². The lowest BCUT2D eigenvalue weighted by atomic mass is 9.91. The highest BCUT2D eigenvalue weighted by molar-refractivity contribution is 5.85. The number of benzene rings is 1. The van der Waals surface area contributed by atoms with Crippen LogP contribution in [0.15, 0.2) is 24.3 Å². The molecule has 1 aromatic rings. The van der Waals surface area contributed by atoms with E-state index in [1.165, 1.54) is 11.1 Å². The Balaban J connectivity index is 0.00000144. The van der Waals surface area contributed by atoms with Gasteiger partial charge < -0.3 is 10.6 Å². The molecule has 0 saturated carbocycles. The van der Waals surface area contributed by atoms with Crippen molar-refractivity contribution in [2.75, 3.05) is 13.1 Å². The van der Waals surface area contributed by atoms with E-state index < -0.39 is 0 Å². The Morgan fingerprint density at radius 1 is 1.47 bits per heavy atom. The fourth-order valence-corrected chi connectivity index (χ4v) is 2.51. The van der Waals surface area contributed by atoms with Gasteiger partial charge in [-0.25, -0.2) is 0 Å². The largest absolute Gasteiger partial charge is 0.334 e. The van der Waals surface area contributed by atoms with Crippen molar-refractivity contribution in [3.8, 4) is 0 Å². The highest BCUT2D eigenvalue weighted by Gasteiger charge is 2.28. The van der Waals surface area contributed by atoms with Crippen molar-refractivity contribution in [2.24, 2.45) is 5.73 Å². The Kier molecular flexibility index (Phi) is 4.97. The van der Waals surface area contributed by atoms with E-state index in [-0.39, 0.29) is 30.9 Å². The molecule has 0 saturated heterocycles. The molecule has 3 nitrogen and oxygen atoms in total. The van der Waals surface area contributed by atoms with Crippen LogP contribution in [0, 0.1) is 0 Å². The van der Waals surface area contributed by atoms with E-state index in [9.17, 15) is 4.79 Å². The summed E-state index contributed by atoms with van der Waals surface area (Å²) < 4.78 is 0. The molecule has 1 atom stereocenters. The third kappa shape index (κ3) is 2.61. The van der Waals surface area contributed by atoms with Crippen LogP contribution in [0.5, 0.6) is 0 Å². The van der Waals surface area contributed by atoms with E-state index in [0.29, 0.717) is 0 Å². The van der Waals surface area contributed by atoms with Crippen LogP contribution in [0.25, 0.3) is 0 Å². The zero-order valence-corrected chi connectivity index (χ0v) is 10.9. The molecule has 0 radical (unpaired) electrons. The molecule has 1 aromatic carbocycles. The number of hydrogen-bond acceptors (Lipinski definition) is 2. The lowest BCUT2D eigenvalue weighted by molar-refractivity contribution is -0.132. The predicted molar refractivity (Wildman–Crippen MR) is 71.2 cm³/mol. The maximum Gasteiger partial charge on any atom is 0.236 e. The van der Waals surface area contributed by atoms with Gasteiger partial charge in [-0.15, -0.1) is 12.4 Å². The van der Waals surface area contributed by atoms with E-state index in [1.807, 2.05) is 11.0 Å². The van der Waals surface area contributed by atoms with Crippen LogP contribution >= 0.6 is 12.4 Å². The van der Waals surface area contributed by atoms with Crippen LogP contribution in [0.1, 0.15) is 30.5 Å². The fourth-order valence-electron chi connectivity index (χ4n) is 2.51. The Morgan fingerprint density at radius 3 is 2.82 bits per heavy atom. The van der Waals surface area contributed by atoms with Crippen LogP contribution in [-0.4, -0.2) is 23.9 Å². The van der Waals surface area contributed by atoms with E-state index in [1.54, 1.807) is 0 Å². The summed E-state index contributed by atoms with van der Waals surface area (Å²) >= 11 is 0. The molecule has 1 amide bonds. The molecule has 2 N–H and O–H groups in total. The molecule has 94 valence electrons. The van der Waals surface area contributed by atoms with E-state index >= 15 is 0 Å². The molecule has 2 rings (SSSR count). The van der Waals surface area contributed by atoms with Crippen LogP contribution in [0.3, 0.4) is 0 Å². The second kappa shape index (κ2) is 6.03. The molecular formula is C13H19ClN2O. The third-order valence-electron chi connectivity index (χ3n) is 3.29. The highest BCUT2D eigenvalue weighted by Crippen LogP contribution is 2.31. The van der Waals surface area contributed by atoms with Crippen molar-refractivity contribution in [1.29, 1.82) is 0 Å². The number of fused-ring (bicyclic) bond motifs is 1. The minimum Gasteiger partial charge on any atom is -0.334 e. The first-order valence-electron chi connectivity index (χ1n) is 5.85. The van der Waals surface area contributed by atoms with Crippen molar-refractivity contribution >= 4 is 18.3 Å². The normalized spacial score (nSPS) is 18.2. The molecule has 4 heteroatoms. The maximum atomic E-state index is 11.7. The summed E-state index contributed by atoms with van der Waals surface area (Å²) in [6.07, 6.45) is 1.89. The van der Waals surface area contributed by atoms with Crippen molar-refractivity contribution in [1.82, 2.24) is 4.90 Å². The molecular weight excluding hydrogens is 236 g/mol. The summed E-state index contributed by atoms with van der Waals surface area (Å²) in [7, 11) is 0. The van der Waals surface area contributed by atoms with Crippen LogP contribution in [-0.2, 0) is 11.2 Å². The van der Waals surface area contributed by atoms with Gasteiger partial charge in [0.25, 0.3) is 0 Å². The van der Waals surface area contributed by atoms with E-state index in [2.05, 4.69) is 25.1 Å². The second-order valence-electron chi connectivity index (χ2n) is 4.16. The molecule has 0 spiro atoms. The van der Waals surface area contributed by atoms with Gasteiger partial charge in [-0.2, -0.15) is 0 Å². The Bertz CT molecular complexity index is 395. The molecule has 17 heavy (non-hydrogen) atoms. The van der Waals surface area contributed by atoms with Gasteiger partial charge in [-0.1, -0.05) is 31.2 Å². The Labute approximate surface area is 108 Å². The van der Waals surface area contributed by atoms with Crippen molar-refractivity contribution in [2.45, 2.75) is 25.8 Å². The second-order valence-corrected chi connectivity index (χ2v) is 4.16. The molecule has 0 aromatic heterocycles. The minimum atomic E-state index is 0. The average molecular weight is 255 g/mol. The molecule has 1 aliphatic heterocycles. The third-order valence-corrected chi connectivity index (χ3v) is 3.29. The molecule has 0 bridgehead atoms. The lowest BCUT2D eigenvalue weighted by Crippen LogP contribution is -2.42. The zero-order chi connectivity index (χ0) is 11.5. The molecule has 1 heterocycles. The first kappa shape index (κ1) is 14.0. The number of nitrogens with zero attached hydrogens (tertiary/aromatic N) is 1. The van der Waals surface area contributed by atoms with Gasteiger partial charge in [0, 0.05) is 6.54 Å². The number of hydrogen-bond donors (Lipinski definition) is 1. The Morgan fingerprint density at radius 2 is 2.18 bits per heavy atom. The average Bonchev–Trinajstić information content (AvgIpc) is 2.36. The quantitative estimate of drug-likeness (QED) is 0.876. The van der Waals surface area contributed by atoms with Crippen LogP contribution in [0.2, 0.25) is 0 Å². The van der Waals surface area contributed by atoms with Gasteiger partial charge in [-0.05, 0) is 24.0 Å². The number of amides is 1. The maximum absolute atomic E-state index is 11.7. The van der Waals surface area contributed by atoms with Crippen LogP contribution < -0.4 is 5.73 Å². The topological polar surface area (TPSA) is 46.3 Å². The van der Waals surface area contributed by atoms with Crippen molar-refractivity contribution in [3.63, 3.8) is 0 Å². The first-order valence-corrected chi connectivity index (χ1v) is 5.85. The molecule has 1 unspecified atom stereocenters. The summed E-state index contributed by atoms with van der Waals surface area (Å²) in [5, 5.41) is 0. The highest BCUT2D eigenvalue weighted by atomic mass is 35.5. The number of carbonyl (C=O) groups excluding carboxylic acids is 1. The number of nitrogens with two attached hydrogens (primary N) is 1. The summed E-state index contributed by atoms with van der Waals surface area (Å²) in [5.41, 5.74) is 8.11. The monoisotopic (exact) mass is 254 g/mol. The SMILES string of the molecule is CCC1c2ccccc2CCN1C(=O)CN.Cl. The van der Waals surface area contributed by atoms with Crippen molar-refractivity contribution < 1.29 is 4.79 Å². The molecule has 1 aliphatic rings. The van der Waals surface area contributed by atoms with Crippen LogP contribution in [0.4, 0.5) is 0 Å². The predicted octanol–water partition coefficient (Wildman–Crippen LogP) is 1.90. The molecule has 0 fully saturated rings. The van der Waals surface area contributed by atoms with Gasteiger partial charge in [0.15, 0.2) is 0 Å². The zero-order valence-electron chi connectivity index (χ0n) is 10.1. The minimum absolute atomic E-state index is 0. The lowest BCUT2D eigenvalue weighted by Gasteiger charge is -2.36. The summed E-state index contributed by atoms with van der Waals surface area (Å²) in [4.78, 5) is 13.7. The van der Waals surface area contributed by atoms with Gasteiger partial charge >= 0.3 is 0 Å². The van der Waals surface area contributed by atoms with Gasteiger partial charge in [-0.3, -0.25) is 4.79 Å². The fraction of sp³-hybridized carbons (Fsp3) is 0.462. The molecule has 0 aliphatic carbocycles. The number of halogens is 1. The van der Waals surface area contributed by atoms with E-state index in [0.717, 1.165) is 19.4 Å². The number of carbonyl (C=O) groups is 1. The van der Waals surface area contributed by atoms with Crippen molar-refractivity contribution in [3.05, 3.63) is 35.4 Å². The number of rotatable bonds is 2. The first-order chi connectivity index (χ1) is 7.77.